The number of anilines is 1. The fourth-order valence-corrected chi connectivity index (χ4v) is 7.51. The van der Waals surface area contributed by atoms with Gasteiger partial charge in [-0.1, -0.05) is 30.3 Å². The molecule has 10 atom stereocenters. The van der Waals surface area contributed by atoms with Crippen LogP contribution in [0, 0.1) is 0 Å². The summed E-state index contributed by atoms with van der Waals surface area (Å²) in [5.41, 5.74) is 6.86. The number of primary amides is 1. The molecule has 2 saturated heterocycles. The Labute approximate surface area is 288 Å². The molecule has 5 heterocycles. The summed E-state index contributed by atoms with van der Waals surface area (Å²) in [7, 11) is -11.1. The summed E-state index contributed by atoms with van der Waals surface area (Å²) in [5.74, 6) is -0.386. The predicted octanol–water partition coefficient (Wildman–Crippen LogP) is -1.62. The number of aromatic nitrogens is 5. The molecule has 1 amide bonds. The van der Waals surface area contributed by atoms with E-state index in [2.05, 4.69) is 29.1 Å². The monoisotopic (exact) mass is 753 g/mol. The van der Waals surface area contributed by atoms with Crippen molar-refractivity contribution in [3.8, 4) is 0 Å². The van der Waals surface area contributed by atoms with Crippen LogP contribution in [0.25, 0.3) is 11.2 Å². The van der Waals surface area contributed by atoms with E-state index >= 15 is 0 Å². The van der Waals surface area contributed by atoms with E-state index < -0.39 is 83.8 Å². The lowest BCUT2D eigenvalue weighted by Gasteiger charge is -2.26. The van der Waals surface area contributed by atoms with Crippen LogP contribution in [0.1, 0.15) is 28.4 Å². The van der Waals surface area contributed by atoms with Crippen molar-refractivity contribution < 1.29 is 71.5 Å². The van der Waals surface area contributed by atoms with Crippen LogP contribution in [0.15, 0.2) is 67.5 Å². The van der Waals surface area contributed by atoms with Crippen molar-refractivity contribution >= 4 is 38.5 Å². The first-order valence-corrected chi connectivity index (χ1v) is 18.1. The Hall–Kier alpha value is -3.79. The Morgan fingerprint density at radius 1 is 0.961 bits per heavy atom. The molecule has 2 aliphatic heterocycles. The van der Waals surface area contributed by atoms with Crippen LogP contribution in [0.2, 0.25) is 0 Å². The van der Waals surface area contributed by atoms with Crippen LogP contribution in [0.3, 0.4) is 0 Å². The number of aliphatic hydroxyl groups is 4. The molecular weight excluding hydrogens is 720 g/mol. The summed E-state index contributed by atoms with van der Waals surface area (Å²) in [6.45, 7) is -1.46. The molecule has 2 fully saturated rings. The molecular formula is C28H33N7O14P2. The number of amides is 1. The molecule has 10 unspecified atom stereocenters. The fourth-order valence-electron chi connectivity index (χ4n) is 5.46. The van der Waals surface area contributed by atoms with Crippen LogP contribution in [0.4, 0.5) is 5.82 Å². The number of nitrogens with two attached hydrogens (primary N) is 1. The molecule has 0 radical (unpaired) electrons. The third kappa shape index (κ3) is 8.32. The van der Waals surface area contributed by atoms with Crippen LogP contribution in [-0.4, -0.2) is 101 Å². The minimum atomic E-state index is -5.64. The fraction of sp³-hybridized carbons (Fsp3) is 0.393. The van der Waals surface area contributed by atoms with Gasteiger partial charge in [0.2, 0.25) is 0 Å². The number of phosphoric ester groups is 2. The molecule has 0 bridgehead atoms. The van der Waals surface area contributed by atoms with E-state index in [0.29, 0.717) is 17.9 Å². The van der Waals surface area contributed by atoms with Crippen LogP contribution >= 0.6 is 15.6 Å². The maximum Gasteiger partial charge on any atom is 0.478 e. The molecule has 274 valence electrons. The van der Waals surface area contributed by atoms with Crippen LogP contribution in [-0.2, 0) is 38.5 Å². The number of hydrogen-bond acceptors (Lipinski definition) is 17. The van der Waals surface area contributed by atoms with E-state index in [1.54, 1.807) is 0 Å². The zero-order valence-corrected chi connectivity index (χ0v) is 28.0. The number of carbonyl (C=O) groups excluding carboxylic acids is 1. The first-order chi connectivity index (χ1) is 24.2. The molecule has 4 aromatic rings. The Morgan fingerprint density at radius 2 is 1.67 bits per heavy atom. The van der Waals surface area contributed by atoms with Crippen molar-refractivity contribution in [3.05, 3.63) is 78.6 Å². The van der Waals surface area contributed by atoms with Crippen molar-refractivity contribution in [3.63, 3.8) is 0 Å². The SMILES string of the molecule is NC(=O)c1ccc[n+](C2OC(COP(=O)([O-])OP(=O)(O)OCC3OC(n4cnc5c(NCc6ccccc6)ncnc54)C(O)C3O)C(O)C2O)c1. The minimum Gasteiger partial charge on any atom is -0.756 e. The number of rotatable bonds is 14. The number of fused-ring (bicyclic) bond motifs is 1. The van der Waals surface area contributed by atoms with Gasteiger partial charge in [-0.2, -0.15) is 4.57 Å². The maximum atomic E-state index is 12.6. The molecule has 1 aromatic carbocycles. The number of nitrogens with one attached hydrogen (secondary N) is 1. The molecule has 23 heteroatoms. The first kappa shape index (κ1) is 37.0. The molecule has 21 nitrogen and oxygen atoms in total. The largest absolute Gasteiger partial charge is 0.756 e. The van der Waals surface area contributed by atoms with Crippen molar-refractivity contribution in [1.82, 2.24) is 19.5 Å². The third-order valence-electron chi connectivity index (χ3n) is 8.01. The Kier molecular flexibility index (Phi) is 10.9. The van der Waals surface area contributed by atoms with E-state index in [1.807, 2.05) is 30.3 Å². The summed E-state index contributed by atoms with van der Waals surface area (Å²) in [4.78, 5) is 46.8. The number of aliphatic hydroxyl groups excluding tert-OH is 4. The van der Waals surface area contributed by atoms with Crippen molar-refractivity contribution in [2.75, 3.05) is 18.5 Å². The van der Waals surface area contributed by atoms with Gasteiger partial charge in [0.15, 0.2) is 41.7 Å². The smallest absolute Gasteiger partial charge is 0.478 e. The second-order valence-electron chi connectivity index (χ2n) is 11.5. The number of phosphoric acid groups is 2. The summed E-state index contributed by atoms with van der Waals surface area (Å²) in [6.07, 6.45) is -6.88. The van der Waals surface area contributed by atoms with Gasteiger partial charge in [0, 0.05) is 12.6 Å². The summed E-state index contributed by atoms with van der Waals surface area (Å²) < 4.78 is 52.3. The number of imidazole rings is 1. The van der Waals surface area contributed by atoms with Gasteiger partial charge in [-0.3, -0.25) is 18.5 Å². The second kappa shape index (κ2) is 15.1. The molecule has 0 aliphatic carbocycles. The molecule has 2 aliphatic rings. The van der Waals surface area contributed by atoms with Gasteiger partial charge in [-0.25, -0.2) is 23.8 Å². The lowest BCUT2D eigenvalue weighted by Crippen LogP contribution is -2.46. The average molecular weight is 754 g/mol. The standard InChI is InChI=1S/C28H33N7O14P2/c29-24(40)16-7-4-8-34(10-16)27-22(38)20(36)17(47-27)11-45-50(41,42)49-51(43,44)46-12-18-21(37)23(39)28(48-18)35-14-33-19-25(31-13-32-26(19)35)30-9-15-5-2-1-3-6-15/h1-8,10,13-14,17-18,20-23,27-28,36-39H,9,11-12H2,(H4-,29,30,31,32,40,41,42,43,44). The number of carbonyl (C=O) groups is 1. The van der Waals surface area contributed by atoms with Crippen molar-refractivity contribution in [2.24, 2.45) is 5.73 Å². The quantitative estimate of drug-likeness (QED) is 0.0562. The number of hydrogen-bond donors (Lipinski definition) is 7. The topological polar surface area (TPSA) is 307 Å². The van der Waals surface area contributed by atoms with Crippen molar-refractivity contribution in [1.29, 1.82) is 0 Å². The highest BCUT2D eigenvalue weighted by molar-refractivity contribution is 7.60. The number of pyridine rings is 1. The van der Waals surface area contributed by atoms with Gasteiger partial charge in [0.25, 0.3) is 20.0 Å². The molecule has 51 heavy (non-hydrogen) atoms. The maximum absolute atomic E-state index is 12.6. The zero-order chi connectivity index (χ0) is 36.5. The Morgan fingerprint density at radius 3 is 2.41 bits per heavy atom. The highest BCUT2D eigenvalue weighted by Gasteiger charge is 2.49. The third-order valence-corrected chi connectivity index (χ3v) is 10.6. The Bertz CT molecular complexity index is 1960. The second-order valence-corrected chi connectivity index (χ2v) is 14.5. The van der Waals surface area contributed by atoms with Gasteiger partial charge < -0.3 is 55.3 Å². The van der Waals surface area contributed by atoms with Gasteiger partial charge in [-0.15, -0.1) is 0 Å². The van der Waals surface area contributed by atoms with E-state index in [-0.39, 0.29) is 11.2 Å². The highest BCUT2D eigenvalue weighted by atomic mass is 31.3. The van der Waals surface area contributed by atoms with E-state index in [1.165, 1.54) is 46.3 Å². The summed E-state index contributed by atoms with van der Waals surface area (Å²) >= 11 is 0. The number of ether oxygens (including phenoxy) is 2. The first-order valence-electron chi connectivity index (χ1n) is 15.2. The summed E-state index contributed by atoms with van der Waals surface area (Å²) in [5, 5.41) is 45.3. The van der Waals surface area contributed by atoms with E-state index in [9.17, 15) is 44.1 Å². The van der Waals surface area contributed by atoms with Gasteiger partial charge in [0.1, 0.15) is 42.4 Å². The lowest BCUT2D eigenvalue weighted by atomic mass is 10.1. The van der Waals surface area contributed by atoms with Crippen molar-refractivity contribution in [2.45, 2.75) is 55.6 Å². The van der Waals surface area contributed by atoms with Gasteiger partial charge in [0.05, 0.1) is 19.5 Å². The summed E-state index contributed by atoms with van der Waals surface area (Å²) in [6, 6.07) is 12.3. The average Bonchev–Trinajstić information content (AvgIpc) is 3.75. The van der Waals surface area contributed by atoms with Crippen LogP contribution < -0.4 is 20.5 Å². The Balaban J connectivity index is 1.03. The highest BCUT2D eigenvalue weighted by Crippen LogP contribution is 2.58. The zero-order valence-electron chi connectivity index (χ0n) is 26.2. The molecule has 3 aromatic heterocycles. The van der Waals surface area contributed by atoms with Crippen LogP contribution in [0.5, 0.6) is 0 Å². The van der Waals surface area contributed by atoms with E-state index in [4.69, 9.17) is 19.7 Å². The number of benzene rings is 1. The molecule has 6 rings (SSSR count). The molecule has 0 spiro atoms. The van der Waals surface area contributed by atoms with E-state index in [0.717, 1.165) is 5.56 Å². The van der Waals surface area contributed by atoms with Gasteiger partial charge >= 0.3 is 7.82 Å². The number of nitrogens with zero attached hydrogens (tertiary/aromatic N) is 5. The lowest BCUT2D eigenvalue weighted by molar-refractivity contribution is -0.765. The molecule has 8 N–H and O–H groups in total. The normalized spacial score (nSPS) is 28.7. The minimum absolute atomic E-state index is 0.0604. The van der Waals surface area contributed by atoms with Gasteiger partial charge in [-0.05, 0) is 11.6 Å². The predicted molar refractivity (Wildman–Crippen MR) is 167 cm³/mol. The molecule has 0 saturated carbocycles.